The van der Waals surface area contributed by atoms with Crippen molar-refractivity contribution in [3.63, 3.8) is 0 Å². The number of ether oxygens (including phenoxy) is 2. The van der Waals surface area contributed by atoms with E-state index in [0.717, 1.165) is 17.0 Å². The molecule has 26 heavy (non-hydrogen) atoms. The quantitative estimate of drug-likeness (QED) is 0.578. The first-order valence-electron chi connectivity index (χ1n) is 7.79. The number of methoxy groups -OCH3 is 1. The highest BCUT2D eigenvalue weighted by Crippen LogP contribution is 2.16. The molecule has 0 saturated carbocycles. The van der Waals surface area contributed by atoms with Crippen LogP contribution in [0.1, 0.15) is 11.1 Å². The van der Waals surface area contributed by atoms with E-state index in [4.69, 9.17) is 10.5 Å². The average Bonchev–Trinajstić information content (AvgIpc) is 2.61. The van der Waals surface area contributed by atoms with Gasteiger partial charge < -0.3 is 20.5 Å². The summed E-state index contributed by atoms with van der Waals surface area (Å²) >= 11 is 0. The molecule has 0 aliphatic rings. The van der Waals surface area contributed by atoms with Crippen LogP contribution in [0, 0.1) is 0 Å². The Kier molecular flexibility index (Phi) is 6.85. The summed E-state index contributed by atoms with van der Waals surface area (Å²) in [5.41, 5.74) is 8.16. The normalized spacial score (nSPS) is 12.1. The van der Waals surface area contributed by atoms with E-state index in [9.17, 15) is 13.2 Å². The highest BCUT2D eigenvalue weighted by molar-refractivity contribution is 5.92. The molecule has 0 spiro atoms. The zero-order chi connectivity index (χ0) is 19.0. The van der Waals surface area contributed by atoms with E-state index in [2.05, 4.69) is 15.0 Å². The second kappa shape index (κ2) is 9.10. The van der Waals surface area contributed by atoms with E-state index in [1.54, 1.807) is 43.5 Å². The number of benzene rings is 2. The maximum Gasteiger partial charge on any atom is 0.411 e. The maximum atomic E-state index is 12.0. The van der Waals surface area contributed by atoms with Crippen LogP contribution in [0.15, 0.2) is 53.5 Å². The van der Waals surface area contributed by atoms with Gasteiger partial charge in [-0.1, -0.05) is 24.3 Å². The van der Waals surface area contributed by atoms with Crippen molar-refractivity contribution in [1.29, 1.82) is 0 Å². The molecule has 0 fully saturated rings. The van der Waals surface area contributed by atoms with Crippen molar-refractivity contribution in [2.45, 2.75) is 19.3 Å². The van der Waals surface area contributed by atoms with Crippen LogP contribution < -0.4 is 15.8 Å². The Morgan fingerprint density at radius 3 is 2.23 bits per heavy atom. The van der Waals surface area contributed by atoms with Gasteiger partial charge in [0.1, 0.15) is 12.4 Å². The molecule has 3 N–H and O–H groups in total. The molecule has 8 heteroatoms. The molecule has 0 bridgehead atoms. The minimum Gasteiger partial charge on any atom is -0.497 e. The van der Waals surface area contributed by atoms with Gasteiger partial charge in [-0.05, 0) is 35.4 Å². The maximum absolute atomic E-state index is 12.0. The largest absolute Gasteiger partial charge is 0.497 e. The number of aliphatic imine (C=N–C) groups is 1. The van der Waals surface area contributed by atoms with Gasteiger partial charge in [-0.15, -0.1) is 0 Å². The molecule has 0 aliphatic heterocycles. The van der Waals surface area contributed by atoms with Crippen LogP contribution in [-0.2, 0) is 17.9 Å². The van der Waals surface area contributed by atoms with Crippen molar-refractivity contribution in [3.05, 3.63) is 59.7 Å². The molecule has 0 radical (unpaired) electrons. The third-order valence-corrected chi connectivity index (χ3v) is 3.35. The number of hydrogen-bond donors (Lipinski definition) is 2. The van der Waals surface area contributed by atoms with Gasteiger partial charge >= 0.3 is 6.18 Å². The molecule has 0 aromatic heterocycles. The predicted molar refractivity (Wildman–Crippen MR) is 94.1 cm³/mol. The molecule has 0 unspecified atom stereocenters. The van der Waals surface area contributed by atoms with Gasteiger partial charge in [-0.3, -0.25) is 0 Å². The van der Waals surface area contributed by atoms with Gasteiger partial charge in [-0.2, -0.15) is 13.2 Å². The standard InChI is InChI=1S/C18H20F3N3O2/c1-25-16-8-6-15(7-9-16)24-17(22)23-10-13-2-4-14(5-3-13)11-26-12-18(19,20)21/h2-9H,10-12H2,1H3,(H3,22,23,24). The number of halogens is 3. The Labute approximate surface area is 149 Å². The Balaban J connectivity index is 1.82. The zero-order valence-electron chi connectivity index (χ0n) is 14.2. The molecule has 0 atom stereocenters. The fraction of sp³-hybridized carbons (Fsp3) is 0.278. The Hall–Kier alpha value is -2.74. The Morgan fingerprint density at radius 1 is 1.04 bits per heavy atom. The average molecular weight is 367 g/mol. The van der Waals surface area contributed by atoms with Crippen LogP contribution in [-0.4, -0.2) is 25.9 Å². The summed E-state index contributed by atoms with van der Waals surface area (Å²) in [4.78, 5) is 4.23. The number of nitrogens with one attached hydrogen (secondary N) is 1. The summed E-state index contributed by atoms with van der Waals surface area (Å²) in [6.45, 7) is -1.00. The second-order valence-corrected chi connectivity index (χ2v) is 5.48. The number of alkyl halides is 3. The molecule has 140 valence electrons. The predicted octanol–water partition coefficient (Wildman–Crippen LogP) is 3.70. The minimum absolute atomic E-state index is 0.0930. The third-order valence-electron chi connectivity index (χ3n) is 3.35. The molecule has 5 nitrogen and oxygen atoms in total. The van der Waals surface area contributed by atoms with E-state index in [1.165, 1.54) is 0 Å². The molecule has 2 aromatic rings. The molecule has 2 aromatic carbocycles. The van der Waals surface area contributed by atoms with Gasteiger partial charge in [0, 0.05) is 5.69 Å². The summed E-state index contributed by atoms with van der Waals surface area (Å²) in [5, 5.41) is 2.96. The van der Waals surface area contributed by atoms with Crippen LogP contribution >= 0.6 is 0 Å². The first-order valence-corrected chi connectivity index (χ1v) is 7.79. The molecular weight excluding hydrogens is 347 g/mol. The first-order chi connectivity index (χ1) is 12.4. The molecule has 0 aliphatic carbocycles. The van der Waals surface area contributed by atoms with E-state index in [-0.39, 0.29) is 12.6 Å². The topological polar surface area (TPSA) is 68.9 Å². The SMILES string of the molecule is COc1ccc(NC(N)=NCc2ccc(COCC(F)(F)F)cc2)cc1. The smallest absolute Gasteiger partial charge is 0.411 e. The van der Waals surface area contributed by atoms with Gasteiger partial charge in [0.05, 0.1) is 20.3 Å². The van der Waals surface area contributed by atoms with Crippen molar-refractivity contribution in [2.24, 2.45) is 10.7 Å². The number of rotatable bonds is 7. The van der Waals surface area contributed by atoms with Crippen molar-refractivity contribution in [3.8, 4) is 5.75 Å². The highest BCUT2D eigenvalue weighted by Gasteiger charge is 2.27. The van der Waals surface area contributed by atoms with Crippen molar-refractivity contribution in [1.82, 2.24) is 0 Å². The third kappa shape index (κ3) is 7.02. The van der Waals surface area contributed by atoms with Crippen LogP contribution in [0.5, 0.6) is 5.75 Å². The van der Waals surface area contributed by atoms with Crippen LogP contribution in [0.4, 0.5) is 18.9 Å². The van der Waals surface area contributed by atoms with E-state index in [0.29, 0.717) is 12.1 Å². The lowest BCUT2D eigenvalue weighted by atomic mass is 10.1. The van der Waals surface area contributed by atoms with Crippen LogP contribution in [0.25, 0.3) is 0 Å². The lowest BCUT2D eigenvalue weighted by Gasteiger charge is -2.08. The van der Waals surface area contributed by atoms with Gasteiger partial charge in [0.2, 0.25) is 0 Å². The lowest BCUT2D eigenvalue weighted by molar-refractivity contribution is -0.176. The lowest BCUT2D eigenvalue weighted by Crippen LogP contribution is -2.22. The van der Waals surface area contributed by atoms with E-state index < -0.39 is 12.8 Å². The molecule has 0 heterocycles. The fourth-order valence-corrected chi connectivity index (χ4v) is 2.06. The van der Waals surface area contributed by atoms with E-state index in [1.807, 2.05) is 12.1 Å². The number of anilines is 1. The summed E-state index contributed by atoms with van der Waals surface area (Å²) < 4.78 is 45.8. The fourth-order valence-electron chi connectivity index (χ4n) is 2.06. The molecule has 0 saturated heterocycles. The molecular formula is C18H20F3N3O2. The number of nitrogens with two attached hydrogens (primary N) is 1. The van der Waals surface area contributed by atoms with Crippen LogP contribution in [0.3, 0.4) is 0 Å². The zero-order valence-corrected chi connectivity index (χ0v) is 14.2. The number of guanidine groups is 1. The van der Waals surface area contributed by atoms with Gasteiger partial charge in [-0.25, -0.2) is 4.99 Å². The molecule has 2 rings (SSSR count). The van der Waals surface area contributed by atoms with Crippen LogP contribution in [0.2, 0.25) is 0 Å². The Morgan fingerprint density at radius 2 is 1.65 bits per heavy atom. The minimum atomic E-state index is -4.32. The number of nitrogens with zero attached hydrogens (tertiary/aromatic N) is 1. The van der Waals surface area contributed by atoms with Crippen molar-refractivity contribution >= 4 is 11.6 Å². The highest BCUT2D eigenvalue weighted by atomic mass is 19.4. The molecule has 0 amide bonds. The second-order valence-electron chi connectivity index (χ2n) is 5.48. The summed E-state index contributed by atoms with van der Waals surface area (Å²) in [5.74, 6) is 0.998. The first kappa shape index (κ1) is 19.6. The summed E-state index contributed by atoms with van der Waals surface area (Å²) in [6.07, 6.45) is -4.32. The van der Waals surface area contributed by atoms with E-state index >= 15 is 0 Å². The van der Waals surface area contributed by atoms with Crippen molar-refractivity contribution in [2.75, 3.05) is 19.0 Å². The van der Waals surface area contributed by atoms with Crippen molar-refractivity contribution < 1.29 is 22.6 Å². The summed E-state index contributed by atoms with van der Waals surface area (Å²) in [7, 11) is 1.59. The monoisotopic (exact) mass is 367 g/mol. The number of hydrogen-bond acceptors (Lipinski definition) is 3. The summed E-state index contributed by atoms with van der Waals surface area (Å²) in [6, 6.07) is 14.2. The van der Waals surface area contributed by atoms with Gasteiger partial charge in [0.15, 0.2) is 5.96 Å². The Bertz CT molecular complexity index is 714. The van der Waals surface area contributed by atoms with Gasteiger partial charge in [0.25, 0.3) is 0 Å².